The number of sulfonamides is 2. The molecule has 2 N–H and O–H groups in total. The fraction of sp³-hybridized carbons (Fsp3) is 0.429. The number of nitrogens with one attached hydrogen (secondary N) is 2. The van der Waals surface area contributed by atoms with Gasteiger partial charge in [-0.15, -0.1) is 22.7 Å². The second-order valence-corrected chi connectivity index (χ2v) is 11.4. The maximum atomic E-state index is 12.4. The average molecular weight is 407 g/mol. The van der Waals surface area contributed by atoms with E-state index in [0.717, 1.165) is 35.5 Å². The van der Waals surface area contributed by atoms with Crippen molar-refractivity contribution in [1.29, 1.82) is 0 Å². The zero-order chi connectivity index (χ0) is 17.2. The first-order chi connectivity index (χ1) is 11.4. The number of rotatable bonds is 6. The van der Waals surface area contributed by atoms with Crippen LogP contribution in [-0.4, -0.2) is 28.9 Å². The highest BCUT2D eigenvalue weighted by molar-refractivity contribution is 7.92. The van der Waals surface area contributed by atoms with Crippen molar-refractivity contribution in [1.82, 2.24) is 9.44 Å². The predicted octanol–water partition coefficient (Wildman–Crippen LogP) is 2.38. The lowest BCUT2D eigenvalue weighted by molar-refractivity contribution is 0.340. The van der Waals surface area contributed by atoms with Crippen LogP contribution in [-0.2, 0) is 20.0 Å². The van der Waals surface area contributed by atoms with Gasteiger partial charge in [0.25, 0.3) is 0 Å². The summed E-state index contributed by atoms with van der Waals surface area (Å²) in [5.74, 6) is 0. The molecule has 2 heterocycles. The Morgan fingerprint density at radius 1 is 0.792 bits per heavy atom. The van der Waals surface area contributed by atoms with Crippen molar-refractivity contribution in [3.8, 4) is 0 Å². The summed E-state index contributed by atoms with van der Waals surface area (Å²) in [6.45, 7) is 0. The third kappa shape index (κ3) is 4.06. The molecule has 1 aliphatic rings. The standard InChI is InChI=1S/C14H18N2O4S4/c17-23(18,13-7-3-9-21-13)15-11-5-1-2-6-12(11)16-24(19,20)14-8-4-10-22-14/h3-4,7-12,15-16H,1-2,5-6H2/t11-,12+. The first-order valence-corrected chi connectivity index (χ1v) is 12.2. The topological polar surface area (TPSA) is 92.3 Å². The van der Waals surface area contributed by atoms with Gasteiger partial charge in [-0.3, -0.25) is 0 Å². The maximum Gasteiger partial charge on any atom is 0.250 e. The summed E-state index contributed by atoms with van der Waals surface area (Å²) in [5, 5.41) is 3.40. The highest BCUT2D eigenvalue weighted by atomic mass is 32.3. The normalized spacial score (nSPS) is 22.5. The van der Waals surface area contributed by atoms with E-state index in [2.05, 4.69) is 9.44 Å². The van der Waals surface area contributed by atoms with Gasteiger partial charge in [0, 0.05) is 12.1 Å². The average Bonchev–Trinajstić information content (AvgIpc) is 3.23. The second kappa shape index (κ2) is 7.22. The van der Waals surface area contributed by atoms with E-state index in [1.165, 1.54) is 0 Å². The van der Waals surface area contributed by atoms with Gasteiger partial charge in [0.1, 0.15) is 8.42 Å². The summed E-state index contributed by atoms with van der Waals surface area (Å²) >= 11 is 2.29. The Bertz CT molecular complexity index is 784. The second-order valence-electron chi connectivity index (χ2n) is 5.60. The first-order valence-electron chi connectivity index (χ1n) is 7.50. The van der Waals surface area contributed by atoms with Crippen LogP contribution in [0.1, 0.15) is 25.7 Å². The Labute approximate surface area is 150 Å². The lowest BCUT2D eigenvalue weighted by atomic mass is 9.92. The summed E-state index contributed by atoms with van der Waals surface area (Å²) in [5.41, 5.74) is 0. The van der Waals surface area contributed by atoms with E-state index in [1.807, 2.05) is 0 Å². The summed E-state index contributed by atoms with van der Waals surface area (Å²) in [4.78, 5) is 0. The highest BCUT2D eigenvalue weighted by Crippen LogP contribution is 2.25. The van der Waals surface area contributed by atoms with Crippen molar-refractivity contribution in [2.24, 2.45) is 0 Å². The van der Waals surface area contributed by atoms with Gasteiger partial charge in [0.15, 0.2) is 0 Å². The molecule has 6 nitrogen and oxygen atoms in total. The summed E-state index contributed by atoms with van der Waals surface area (Å²) < 4.78 is 55.5. The third-order valence-electron chi connectivity index (χ3n) is 3.90. The fourth-order valence-electron chi connectivity index (χ4n) is 2.76. The molecule has 10 heteroatoms. The Morgan fingerprint density at radius 2 is 1.21 bits per heavy atom. The van der Waals surface area contributed by atoms with E-state index in [1.54, 1.807) is 35.0 Å². The van der Waals surface area contributed by atoms with Crippen molar-refractivity contribution < 1.29 is 16.8 Å². The van der Waals surface area contributed by atoms with E-state index < -0.39 is 32.1 Å². The monoisotopic (exact) mass is 406 g/mol. The van der Waals surface area contributed by atoms with Crippen LogP contribution in [0.15, 0.2) is 43.4 Å². The van der Waals surface area contributed by atoms with E-state index in [4.69, 9.17) is 0 Å². The summed E-state index contributed by atoms with van der Waals surface area (Å²) in [6, 6.07) is 5.55. The van der Waals surface area contributed by atoms with Crippen LogP contribution in [0.3, 0.4) is 0 Å². The fourth-order valence-corrected chi connectivity index (χ4v) is 7.40. The van der Waals surface area contributed by atoms with Crippen molar-refractivity contribution in [2.45, 2.75) is 46.2 Å². The van der Waals surface area contributed by atoms with E-state index in [0.29, 0.717) is 12.8 Å². The van der Waals surface area contributed by atoms with Crippen LogP contribution in [0, 0.1) is 0 Å². The molecule has 2 atom stereocenters. The molecule has 0 aliphatic heterocycles. The van der Waals surface area contributed by atoms with Crippen LogP contribution in [0.4, 0.5) is 0 Å². The zero-order valence-corrected chi connectivity index (χ0v) is 16.0. The molecule has 24 heavy (non-hydrogen) atoms. The van der Waals surface area contributed by atoms with Gasteiger partial charge in [0.05, 0.1) is 0 Å². The lowest BCUT2D eigenvalue weighted by Crippen LogP contribution is -2.52. The molecule has 0 saturated heterocycles. The van der Waals surface area contributed by atoms with E-state index in [9.17, 15) is 16.8 Å². The molecule has 0 spiro atoms. The molecule has 0 unspecified atom stereocenters. The van der Waals surface area contributed by atoms with Crippen LogP contribution < -0.4 is 9.44 Å². The van der Waals surface area contributed by atoms with Crippen molar-refractivity contribution >= 4 is 42.7 Å². The minimum atomic E-state index is -3.62. The first kappa shape index (κ1) is 18.0. The quantitative estimate of drug-likeness (QED) is 0.770. The van der Waals surface area contributed by atoms with Crippen LogP contribution in [0.5, 0.6) is 0 Å². The number of thiophene rings is 2. The number of hydrogen-bond acceptors (Lipinski definition) is 6. The van der Waals surface area contributed by atoms with Gasteiger partial charge < -0.3 is 0 Å². The van der Waals surface area contributed by atoms with Crippen molar-refractivity contribution in [3.63, 3.8) is 0 Å². The van der Waals surface area contributed by atoms with Crippen LogP contribution in [0.25, 0.3) is 0 Å². The molecule has 0 bridgehead atoms. The Balaban J connectivity index is 1.77. The molecule has 1 fully saturated rings. The molecule has 0 aromatic carbocycles. The SMILES string of the molecule is O=S(=O)(N[C@H]1CCCC[C@H]1NS(=O)(=O)c1cccs1)c1cccs1. The van der Waals surface area contributed by atoms with Gasteiger partial charge in [0.2, 0.25) is 20.0 Å². The molecule has 132 valence electrons. The Morgan fingerprint density at radius 3 is 1.54 bits per heavy atom. The van der Waals surface area contributed by atoms with E-state index >= 15 is 0 Å². The predicted molar refractivity (Wildman–Crippen MR) is 95.3 cm³/mol. The van der Waals surface area contributed by atoms with Gasteiger partial charge in [-0.1, -0.05) is 25.0 Å². The molecule has 2 aromatic rings. The molecule has 0 radical (unpaired) electrons. The highest BCUT2D eigenvalue weighted by Gasteiger charge is 2.33. The van der Waals surface area contributed by atoms with Gasteiger partial charge in [-0.25, -0.2) is 26.3 Å². The smallest absolute Gasteiger partial charge is 0.206 e. The maximum absolute atomic E-state index is 12.4. The lowest BCUT2D eigenvalue weighted by Gasteiger charge is -2.32. The molecular weight excluding hydrogens is 388 g/mol. The van der Waals surface area contributed by atoms with E-state index in [-0.39, 0.29) is 8.42 Å². The molecular formula is C14H18N2O4S4. The minimum Gasteiger partial charge on any atom is -0.206 e. The van der Waals surface area contributed by atoms with Crippen molar-refractivity contribution in [2.75, 3.05) is 0 Å². The van der Waals surface area contributed by atoms with Crippen LogP contribution in [0.2, 0.25) is 0 Å². The summed E-state index contributed by atoms with van der Waals surface area (Å²) in [6.07, 6.45) is 2.97. The Kier molecular flexibility index (Phi) is 5.42. The van der Waals surface area contributed by atoms with Crippen LogP contribution >= 0.6 is 22.7 Å². The molecule has 1 aliphatic carbocycles. The molecule has 2 aromatic heterocycles. The third-order valence-corrected chi connectivity index (χ3v) is 9.67. The Hall–Kier alpha value is -0.780. The van der Waals surface area contributed by atoms with Gasteiger partial charge >= 0.3 is 0 Å². The van der Waals surface area contributed by atoms with Gasteiger partial charge in [-0.05, 0) is 35.7 Å². The molecule has 3 rings (SSSR count). The van der Waals surface area contributed by atoms with Crippen molar-refractivity contribution in [3.05, 3.63) is 35.0 Å². The minimum absolute atomic E-state index is 0.243. The zero-order valence-electron chi connectivity index (χ0n) is 12.7. The number of hydrogen-bond donors (Lipinski definition) is 2. The molecule has 1 saturated carbocycles. The summed E-state index contributed by atoms with van der Waals surface area (Å²) in [7, 11) is -7.25. The molecule has 0 amide bonds. The van der Waals surface area contributed by atoms with Gasteiger partial charge in [-0.2, -0.15) is 0 Å². The largest absolute Gasteiger partial charge is 0.250 e.